The van der Waals surface area contributed by atoms with Gasteiger partial charge in [0.05, 0.1) is 0 Å². The van der Waals surface area contributed by atoms with Crippen molar-refractivity contribution in [2.45, 2.75) is 13.3 Å². The number of hydrogen-bond acceptors (Lipinski definition) is 3. The third-order valence-electron chi connectivity index (χ3n) is 2.31. The highest BCUT2D eigenvalue weighted by Gasteiger charge is 2.28. The standard InChI is InChI=1S/C10H8BrNO2/c1-5-2-7-6(8(11)3-5)4-9(12-14)10(7)13/h2-3,14H,4H2,1H3. The van der Waals surface area contributed by atoms with Crippen LogP contribution < -0.4 is 0 Å². The SMILES string of the molecule is Cc1cc(Br)c2c(c1)C(=O)C(=NO)C2. The Kier molecular flexibility index (Phi) is 2.15. The van der Waals surface area contributed by atoms with E-state index in [9.17, 15) is 4.79 Å². The summed E-state index contributed by atoms with van der Waals surface area (Å²) in [6, 6.07) is 3.77. The zero-order valence-electron chi connectivity index (χ0n) is 7.54. The average Bonchev–Trinajstić information content (AvgIpc) is 2.44. The number of rotatable bonds is 0. The van der Waals surface area contributed by atoms with Crippen molar-refractivity contribution >= 4 is 27.4 Å². The number of halogens is 1. The molecule has 0 saturated heterocycles. The molecular weight excluding hydrogens is 246 g/mol. The zero-order valence-corrected chi connectivity index (χ0v) is 9.13. The molecule has 0 heterocycles. The second-order valence-corrected chi connectivity index (χ2v) is 4.18. The van der Waals surface area contributed by atoms with Gasteiger partial charge in [-0.2, -0.15) is 0 Å². The predicted molar refractivity (Wildman–Crippen MR) is 56.1 cm³/mol. The van der Waals surface area contributed by atoms with E-state index in [0.29, 0.717) is 12.0 Å². The summed E-state index contributed by atoms with van der Waals surface area (Å²) in [5.74, 6) is -0.174. The van der Waals surface area contributed by atoms with Crippen LogP contribution >= 0.6 is 15.9 Å². The zero-order chi connectivity index (χ0) is 10.3. The highest BCUT2D eigenvalue weighted by Crippen LogP contribution is 2.29. The predicted octanol–water partition coefficient (Wildman–Crippen LogP) is 2.33. The van der Waals surface area contributed by atoms with Crippen molar-refractivity contribution in [3.63, 3.8) is 0 Å². The fourth-order valence-corrected chi connectivity index (χ4v) is 2.35. The molecular formula is C10H8BrNO2. The molecule has 0 saturated carbocycles. The summed E-state index contributed by atoms with van der Waals surface area (Å²) < 4.78 is 0.902. The summed E-state index contributed by atoms with van der Waals surface area (Å²) in [5, 5.41) is 11.6. The van der Waals surface area contributed by atoms with E-state index in [4.69, 9.17) is 5.21 Å². The number of Topliss-reactive ketones (excluding diaryl/α,β-unsaturated/α-hetero) is 1. The van der Waals surface area contributed by atoms with Crippen LogP contribution in [0.4, 0.5) is 0 Å². The Morgan fingerprint density at radius 2 is 2.21 bits per heavy atom. The first-order valence-corrected chi connectivity index (χ1v) is 4.97. The smallest absolute Gasteiger partial charge is 0.211 e. The molecule has 1 aromatic rings. The maximum Gasteiger partial charge on any atom is 0.211 e. The topological polar surface area (TPSA) is 49.7 Å². The molecule has 0 unspecified atom stereocenters. The molecule has 4 heteroatoms. The lowest BCUT2D eigenvalue weighted by atomic mass is 10.1. The summed E-state index contributed by atoms with van der Waals surface area (Å²) in [5.41, 5.74) is 2.78. The Morgan fingerprint density at radius 1 is 1.50 bits per heavy atom. The lowest BCUT2D eigenvalue weighted by Gasteiger charge is -2.01. The average molecular weight is 254 g/mol. The van der Waals surface area contributed by atoms with Crippen LogP contribution in [0.2, 0.25) is 0 Å². The minimum absolute atomic E-state index is 0.174. The third kappa shape index (κ3) is 1.26. The summed E-state index contributed by atoms with van der Waals surface area (Å²) in [6.45, 7) is 1.92. The minimum atomic E-state index is -0.174. The number of benzene rings is 1. The van der Waals surface area contributed by atoms with Crippen LogP contribution in [0.5, 0.6) is 0 Å². The van der Waals surface area contributed by atoms with E-state index in [-0.39, 0.29) is 11.5 Å². The molecule has 0 spiro atoms. The first-order valence-electron chi connectivity index (χ1n) is 4.18. The van der Waals surface area contributed by atoms with Crippen LogP contribution in [-0.4, -0.2) is 16.7 Å². The van der Waals surface area contributed by atoms with Crippen LogP contribution in [0.25, 0.3) is 0 Å². The van der Waals surface area contributed by atoms with Crippen molar-refractivity contribution in [3.8, 4) is 0 Å². The first-order chi connectivity index (χ1) is 6.63. The summed E-state index contributed by atoms with van der Waals surface area (Å²) in [7, 11) is 0. The highest BCUT2D eigenvalue weighted by atomic mass is 79.9. The molecule has 14 heavy (non-hydrogen) atoms. The number of oxime groups is 1. The van der Waals surface area contributed by atoms with Crippen LogP contribution in [0.3, 0.4) is 0 Å². The molecule has 1 aliphatic rings. The lowest BCUT2D eigenvalue weighted by molar-refractivity contribution is 0.106. The highest BCUT2D eigenvalue weighted by molar-refractivity contribution is 9.10. The number of hydrogen-bond donors (Lipinski definition) is 1. The van der Waals surface area contributed by atoms with Gasteiger partial charge in [-0.3, -0.25) is 4.79 Å². The number of nitrogens with zero attached hydrogens (tertiary/aromatic N) is 1. The number of aryl methyl sites for hydroxylation is 1. The van der Waals surface area contributed by atoms with Gasteiger partial charge in [-0.05, 0) is 30.2 Å². The van der Waals surface area contributed by atoms with Crippen molar-refractivity contribution in [1.82, 2.24) is 0 Å². The summed E-state index contributed by atoms with van der Waals surface area (Å²) in [6.07, 6.45) is 0.408. The van der Waals surface area contributed by atoms with Crippen molar-refractivity contribution in [3.05, 3.63) is 33.3 Å². The van der Waals surface area contributed by atoms with Crippen molar-refractivity contribution in [1.29, 1.82) is 0 Å². The van der Waals surface area contributed by atoms with E-state index in [1.165, 1.54) is 0 Å². The van der Waals surface area contributed by atoms with Crippen LogP contribution in [0.15, 0.2) is 21.8 Å². The first kappa shape index (κ1) is 9.40. The maximum atomic E-state index is 11.6. The number of carbonyl (C=O) groups excluding carboxylic acids is 1. The van der Waals surface area contributed by atoms with Crippen molar-refractivity contribution < 1.29 is 10.0 Å². The molecule has 3 nitrogen and oxygen atoms in total. The molecule has 0 amide bonds. The Labute approximate surface area is 89.6 Å². The Balaban J connectivity index is 2.65. The van der Waals surface area contributed by atoms with Gasteiger partial charge in [0.15, 0.2) is 0 Å². The molecule has 1 aliphatic carbocycles. The second-order valence-electron chi connectivity index (χ2n) is 3.33. The second kappa shape index (κ2) is 3.20. The quantitative estimate of drug-likeness (QED) is 0.570. The van der Waals surface area contributed by atoms with E-state index in [1.807, 2.05) is 19.1 Å². The number of fused-ring (bicyclic) bond motifs is 1. The molecule has 2 rings (SSSR count). The van der Waals surface area contributed by atoms with Gasteiger partial charge in [0.1, 0.15) is 5.71 Å². The molecule has 0 atom stereocenters. The van der Waals surface area contributed by atoms with Crippen molar-refractivity contribution in [2.75, 3.05) is 0 Å². The molecule has 1 N–H and O–H groups in total. The molecule has 72 valence electrons. The lowest BCUT2D eigenvalue weighted by Crippen LogP contribution is -2.06. The number of ketones is 1. The van der Waals surface area contributed by atoms with E-state index >= 15 is 0 Å². The molecule has 0 fully saturated rings. The van der Waals surface area contributed by atoms with Gasteiger partial charge in [0.2, 0.25) is 5.78 Å². The largest absolute Gasteiger partial charge is 0.411 e. The van der Waals surface area contributed by atoms with E-state index in [2.05, 4.69) is 21.1 Å². The maximum absolute atomic E-state index is 11.6. The third-order valence-corrected chi connectivity index (χ3v) is 3.02. The molecule has 0 radical (unpaired) electrons. The van der Waals surface area contributed by atoms with Crippen LogP contribution in [-0.2, 0) is 6.42 Å². The van der Waals surface area contributed by atoms with Gasteiger partial charge in [-0.15, -0.1) is 0 Å². The fourth-order valence-electron chi connectivity index (χ4n) is 1.64. The molecule has 0 aromatic heterocycles. The van der Waals surface area contributed by atoms with Crippen LogP contribution in [0, 0.1) is 6.92 Å². The Bertz CT molecular complexity index is 452. The number of carbonyl (C=O) groups is 1. The van der Waals surface area contributed by atoms with Gasteiger partial charge in [0, 0.05) is 16.5 Å². The normalized spacial score (nSPS) is 17.6. The van der Waals surface area contributed by atoms with Crippen molar-refractivity contribution in [2.24, 2.45) is 5.16 Å². The van der Waals surface area contributed by atoms with Gasteiger partial charge in [-0.1, -0.05) is 21.1 Å². The molecule has 0 aliphatic heterocycles. The minimum Gasteiger partial charge on any atom is -0.411 e. The van der Waals surface area contributed by atoms with Gasteiger partial charge in [0.25, 0.3) is 0 Å². The van der Waals surface area contributed by atoms with Gasteiger partial charge < -0.3 is 5.21 Å². The molecule has 0 bridgehead atoms. The Morgan fingerprint density at radius 3 is 2.86 bits per heavy atom. The van der Waals surface area contributed by atoms with E-state index in [1.54, 1.807) is 0 Å². The van der Waals surface area contributed by atoms with Gasteiger partial charge in [-0.25, -0.2) is 0 Å². The summed E-state index contributed by atoms with van der Waals surface area (Å²) >= 11 is 3.39. The van der Waals surface area contributed by atoms with E-state index < -0.39 is 0 Å². The van der Waals surface area contributed by atoms with Crippen LogP contribution in [0.1, 0.15) is 21.5 Å². The molecule has 1 aromatic carbocycles. The van der Waals surface area contributed by atoms with Gasteiger partial charge >= 0.3 is 0 Å². The summed E-state index contributed by atoms with van der Waals surface area (Å²) in [4.78, 5) is 11.6. The Hall–Kier alpha value is -1.16. The van der Waals surface area contributed by atoms with E-state index in [0.717, 1.165) is 15.6 Å². The monoisotopic (exact) mass is 253 g/mol. The fraction of sp³-hybridized carbons (Fsp3) is 0.200.